The smallest absolute Gasteiger partial charge is 0.145 e. The molecular formula is C15H16ClFO. The van der Waals surface area contributed by atoms with Crippen LogP contribution in [0.2, 0.25) is 5.02 Å². The highest BCUT2D eigenvalue weighted by Gasteiger charge is 2.53. The molecule has 0 N–H and O–H groups in total. The molecule has 18 heavy (non-hydrogen) atoms. The van der Waals surface area contributed by atoms with Crippen LogP contribution in [0.5, 0.6) is 0 Å². The van der Waals surface area contributed by atoms with Crippen molar-refractivity contribution in [3.8, 4) is 0 Å². The third kappa shape index (κ3) is 2.07. The van der Waals surface area contributed by atoms with E-state index in [2.05, 4.69) is 0 Å². The molecule has 0 bridgehead atoms. The van der Waals surface area contributed by atoms with E-state index >= 15 is 0 Å². The minimum Gasteiger partial charge on any atom is -0.299 e. The van der Waals surface area contributed by atoms with Crippen molar-refractivity contribution in [2.24, 2.45) is 17.8 Å². The quantitative estimate of drug-likeness (QED) is 0.807. The summed E-state index contributed by atoms with van der Waals surface area (Å²) in [4.78, 5) is 12.2. The number of halogens is 2. The molecule has 3 heteroatoms. The number of ketones is 1. The molecular weight excluding hydrogens is 251 g/mol. The Bertz CT molecular complexity index is 473. The summed E-state index contributed by atoms with van der Waals surface area (Å²) in [6.07, 6.45) is 5.05. The van der Waals surface area contributed by atoms with Crippen LogP contribution in [-0.2, 0) is 11.2 Å². The molecule has 1 nitrogen and oxygen atoms in total. The summed E-state index contributed by atoms with van der Waals surface area (Å²) in [6, 6.07) is 4.88. The largest absolute Gasteiger partial charge is 0.299 e. The van der Waals surface area contributed by atoms with Gasteiger partial charge in [0.05, 0.1) is 5.02 Å². The number of benzene rings is 1. The highest BCUT2D eigenvalue weighted by atomic mass is 35.5. The fourth-order valence-corrected chi connectivity index (χ4v) is 3.65. The molecule has 2 atom stereocenters. The van der Waals surface area contributed by atoms with Crippen LogP contribution in [0.4, 0.5) is 4.39 Å². The predicted molar refractivity (Wildman–Crippen MR) is 69.1 cm³/mol. The fourth-order valence-electron chi connectivity index (χ4n) is 3.46. The van der Waals surface area contributed by atoms with Gasteiger partial charge in [0, 0.05) is 12.3 Å². The molecule has 96 valence electrons. The van der Waals surface area contributed by atoms with Gasteiger partial charge in [0.15, 0.2) is 0 Å². The summed E-state index contributed by atoms with van der Waals surface area (Å²) in [5.41, 5.74) is 0.441. The topological polar surface area (TPSA) is 17.1 Å². The van der Waals surface area contributed by atoms with Gasteiger partial charge in [-0.3, -0.25) is 4.79 Å². The zero-order valence-electron chi connectivity index (χ0n) is 10.2. The van der Waals surface area contributed by atoms with Crippen LogP contribution in [0.25, 0.3) is 0 Å². The molecule has 2 aliphatic rings. The van der Waals surface area contributed by atoms with Gasteiger partial charge in [-0.1, -0.05) is 36.6 Å². The molecule has 0 aliphatic heterocycles. The van der Waals surface area contributed by atoms with E-state index in [1.807, 2.05) is 0 Å². The van der Waals surface area contributed by atoms with Gasteiger partial charge in [0.25, 0.3) is 0 Å². The zero-order chi connectivity index (χ0) is 12.7. The minimum atomic E-state index is -0.434. The van der Waals surface area contributed by atoms with Crippen LogP contribution in [0, 0.1) is 23.6 Å². The Morgan fingerprint density at radius 3 is 2.61 bits per heavy atom. The molecule has 0 saturated heterocycles. The molecule has 1 aromatic carbocycles. The molecule has 0 amide bonds. The van der Waals surface area contributed by atoms with Gasteiger partial charge >= 0.3 is 0 Å². The van der Waals surface area contributed by atoms with Crippen molar-refractivity contribution >= 4 is 17.4 Å². The summed E-state index contributed by atoms with van der Waals surface area (Å²) in [5.74, 6) is 1.15. The highest BCUT2D eigenvalue weighted by Crippen LogP contribution is 2.56. The summed E-state index contributed by atoms with van der Waals surface area (Å²) >= 11 is 5.73. The van der Waals surface area contributed by atoms with Crippen molar-refractivity contribution in [1.29, 1.82) is 0 Å². The maximum absolute atomic E-state index is 13.7. The molecule has 3 rings (SSSR count). The fraction of sp³-hybridized carbons (Fsp3) is 0.533. The summed E-state index contributed by atoms with van der Waals surface area (Å²) < 4.78 is 13.7. The number of fused-ring (bicyclic) bond motifs is 1. The standard InChI is InChI=1S/C15H16ClFO/c16-12-7-3-4-9(15(12)17)8-13(18)14-10-5-1-2-6-11(10)14/h3-4,7,10-11,14H,1-2,5-6,8H2. The van der Waals surface area contributed by atoms with E-state index in [0.717, 1.165) is 0 Å². The van der Waals surface area contributed by atoms with Crippen molar-refractivity contribution in [2.75, 3.05) is 0 Å². The second-order valence-corrected chi connectivity index (χ2v) is 5.90. The Morgan fingerprint density at radius 2 is 1.94 bits per heavy atom. The Balaban J connectivity index is 1.70. The van der Waals surface area contributed by atoms with Crippen molar-refractivity contribution < 1.29 is 9.18 Å². The van der Waals surface area contributed by atoms with Crippen molar-refractivity contribution in [1.82, 2.24) is 0 Å². The van der Waals surface area contributed by atoms with E-state index < -0.39 is 5.82 Å². The first-order valence-electron chi connectivity index (χ1n) is 6.64. The van der Waals surface area contributed by atoms with Gasteiger partial charge in [-0.25, -0.2) is 4.39 Å². The van der Waals surface area contributed by atoms with Crippen LogP contribution in [0.1, 0.15) is 31.2 Å². The predicted octanol–water partition coefficient (Wildman–Crippen LogP) is 4.03. The Hall–Kier alpha value is -0.890. The molecule has 2 unspecified atom stereocenters. The number of carbonyl (C=O) groups is 1. The highest BCUT2D eigenvalue weighted by molar-refractivity contribution is 6.30. The van der Waals surface area contributed by atoms with Gasteiger partial charge < -0.3 is 0 Å². The SMILES string of the molecule is O=C(Cc1cccc(Cl)c1F)C1C2CCCCC21. The molecule has 0 aromatic heterocycles. The summed E-state index contributed by atoms with van der Waals surface area (Å²) in [7, 11) is 0. The molecule has 0 heterocycles. The lowest BCUT2D eigenvalue weighted by molar-refractivity contribution is -0.120. The molecule has 1 aromatic rings. The van der Waals surface area contributed by atoms with Crippen molar-refractivity contribution in [3.63, 3.8) is 0 Å². The van der Waals surface area contributed by atoms with Crippen LogP contribution in [0.3, 0.4) is 0 Å². The number of hydrogen-bond donors (Lipinski definition) is 0. The monoisotopic (exact) mass is 266 g/mol. The Kier molecular flexibility index (Phi) is 3.14. The first kappa shape index (κ1) is 12.2. The van der Waals surface area contributed by atoms with Crippen LogP contribution in [0.15, 0.2) is 18.2 Å². The maximum atomic E-state index is 13.7. The third-order valence-corrected chi connectivity index (χ3v) is 4.72. The lowest BCUT2D eigenvalue weighted by Crippen LogP contribution is -2.09. The van der Waals surface area contributed by atoms with E-state index in [1.54, 1.807) is 12.1 Å². The van der Waals surface area contributed by atoms with Gasteiger partial charge in [-0.15, -0.1) is 0 Å². The van der Waals surface area contributed by atoms with Gasteiger partial charge in [0.2, 0.25) is 0 Å². The van der Waals surface area contributed by atoms with Gasteiger partial charge in [-0.2, -0.15) is 0 Å². The van der Waals surface area contributed by atoms with Crippen LogP contribution < -0.4 is 0 Å². The lowest BCUT2D eigenvalue weighted by atomic mass is 10.0. The zero-order valence-corrected chi connectivity index (χ0v) is 10.9. The molecule has 0 radical (unpaired) electrons. The van der Waals surface area contributed by atoms with E-state index in [4.69, 9.17) is 11.6 Å². The number of carbonyl (C=O) groups excluding carboxylic acids is 1. The Labute approximate surface area is 111 Å². The molecule has 2 saturated carbocycles. The number of rotatable bonds is 3. The second kappa shape index (κ2) is 4.65. The average Bonchev–Trinajstić information content (AvgIpc) is 3.09. The molecule has 2 fully saturated rings. The normalized spacial score (nSPS) is 29.8. The van der Waals surface area contributed by atoms with E-state index in [9.17, 15) is 9.18 Å². The van der Waals surface area contributed by atoms with Crippen molar-refractivity contribution in [3.05, 3.63) is 34.6 Å². The Morgan fingerprint density at radius 1 is 1.28 bits per heavy atom. The van der Waals surface area contributed by atoms with E-state index in [-0.39, 0.29) is 23.1 Å². The first-order valence-corrected chi connectivity index (χ1v) is 7.02. The third-order valence-electron chi connectivity index (χ3n) is 4.42. The van der Waals surface area contributed by atoms with Gasteiger partial charge in [-0.05, 0) is 36.3 Å². The van der Waals surface area contributed by atoms with Crippen LogP contribution >= 0.6 is 11.6 Å². The average molecular weight is 267 g/mol. The maximum Gasteiger partial charge on any atom is 0.145 e. The number of hydrogen-bond acceptors (Lipinski definition) is 1. The number of Topliss-reactive ketones (excluding diaryl/α,β-unsaturated/α-hetero) is 1. The lowest BCUT2D eigenvalue weighted by Gasteiger charge is -2.04. The summed E-state index contributed by atoms with van der Waals surface area (Å²) in [5, 5.41) is 0.105. The van der Waals surface area contributed by atoms with E-state index in [0.29, 0.717) is 17.4 Å². The van der Waals surface area contributed by atoms with Crippen molar-refractivity contribution in [2.45, 2.75) is 32.1 Å². The first-order chi connectivity index (χ1) is 8.68. The van der Waals surface area contributed by atoms with Gasteiger partial charge in [0.1, 0.15) is 11.6 Å². The van der Waals surface area contributed by atoms with E-state index in [1.165, 1.54) is 31.7 Å². The minimum absolute atomic E-state index is 0.105. The summed E-state index contributed by atoms with van der Waals surface area (Å²) in [6.45, 7) is 0. The van der Waals surface area contributed by atoms with Crippen LogP contribution in [-0.4, -0.2) is 5.78 Å². The molecule has 0 spiro atoms. The second-order valence-electron chi connectivity index (χ2n) is 5.49. The molecule has 2 aliphatic carbocycles.